The maximum absolute atomic E-state index is 11.6. The van der Waals surface area contributed by atoms with Crippen LogP contribution in [-0.2, 0) is 11.8 Å². The molecule has 0 aliphatic heterocycles. The molecular formula is C30H29N5O2. The molecule has 0 saturated heterocycles. The fraction of sp³-hybridized carbons (Fsp3) is 0.233. The lowest BCUT2D eigenvalue weighted by atomic mass is 9.86. The highest BCUT2D eigenvalue weighted by molar-refractivity contribution is 6.03. The normalized spacial score (nSPS) is 17.0. The van der Waals surface area contributed by atoms with E-state index in [0.29, 0.717) is 5.82 Å². The number of benzene rings is 2. The van der Waals surface area contributed by atoms with E-state index in [0.717, 1.165) is 65.0 Å². The van der Waals surface area contributed by atoms with Crippen molar-refractivity contribution in [2.75, 3.05) is 5.73 Å². The number of hydrogen-bond donors (Lipinski definition) is 2. The van der Waals surface area contributed by atoms with Gasteiger partial charge in [0.2, 0.25) is 5.91 Å². The van der Waals surface area contributed by atoms with E-state index in [1.165, 1.54) is 12.4 Å². The molecule has 7 heteroatoms. The number of anilines is 1. The van der Waals surface area contributed by atoms with Crippen molar-refractivity contribution in [2.24, 2.45) is 13.0 Å². The first-order valence-electron chi connectivity index (χ1n) is 12.4. The maximum atomic E-state index is 11.6. The number of amides is 1. The number of nitrogens with two attached hydrogens (primary N) is 1. The number of aryl methyl sites for hydroxylation is 1. The summed E-state index contributed by atoms with van der Waals surface area (Å²) in [7, 11) is 1.96. The lowest BCUT2D eigenvalue weighted by Gasteiger charge is -2.26. The molecule has 1 fully saturated rings. The van der Waals surface area contributed by atoms with E-state index >= 15 is 0 Å². The molecule has 3 N–H and O–H groups in total. The van der Waals surface area contributed by atoms with Crippen molar-refractivity contribution in [3.05, 3.63) is 79.3 Å². The van der Waals surface area contributed by atoms with E-state index < -0.39 is 0 Å². The van der Waals surface area contributed by atoms with Crippen LogP contribution in [0.1, 0.15) is 31.4 Å². The molecule has 0 unspecified atom stereocenters. The van der Waals surface area contributed by atoms with Gasteiger partial charge in [-0.3, -0.25) is 4.79 Å². The van der Waals surface area contributed by atoms with Gasteiger partial charge in [0.15, 0.2) is 0 Å². The zero-order valence-corrected chi connectivity index (χ0v) is 20.8. The molecule has 2 aromatic heterocycles. The predicted molar refractivity (Wildman–Crippen MR) is 146 cm³/mol. The molecule has 2 aromatic carbocycles. The highest BCUT2D eigenvalue weighted by atomic mass is 16.5. The summed E-state index contributed by atoms with van der Waals surface area (Å²) in [5.74, 6) is 9.01. The number of hydrogen-bond acceptors (Lipinski definition) is 5. The number of aromatic nitrogens is 3. The summed E-state index contributed by atoms with van der Waals surface area (Å²) in [5.41, 5.74) is 9.81. The lowest BCUT2D eigenvalue weighted by molar-refractivity contribution is -0.117. The van der Waals surface area contributed by atoms with Crippen LogP contribution in [0.2, 0.25) is 0 Å². The highest BCUT2D eigenvalue weighted by Gasteiger charge is 2.22. The summed E-state index contributed by atoms with van der Waals surface area (Å²) in [5, 5.41) is 3.79. The number of carbonyl (C=O) groups is 1. The standard InChI is InChI=1S/C30H29N5O2/c1-3-26(36)34-22-14-9-20(10-15-22)11-18-25-27(28-29(31)32-19-33-30(28)35(25)2)21-12-16-24(17-13-21)37-23-7-5-4-6-8-23/h3-8,12-13,16-17,19-20,22H,1,9-10,14-15H2,2H3,(H,34,36)(H2,31,32,33). The number of nitrogens with zero attached hydrogens (tertiary/aromatic N) is 3. The SMILES string of the molecule is C=CC(=O)NC1CCC(C#Cc2c(-c3ccc(Oc4ccccc4)cc3)c3c(N)ncnc3n2C)CC1. The van der Waals surface area contributed by atoms with E-state index in [1.54, 1.807) is 0 Å². The van der Waals surface area contributed by atoms with Gasteiger partial charge in [0.25, 0.3) is 0 Å². The van der Waals surface area contributed by atoms with Gasteiger partial charge in [-0.25, -0.2) is 9.97 Å². The van der Waals surface area contributed by atoms with E-state index in [-0.39, 0.29) is 17.9 Å². The second kappa shape index (κ2) is 10.6. The zero-order chi connectivity index (χ0) is 25.8. The number of nitrogens with one attached hydrogen (secondary N) is 1. The topological polar surface area (TPSA) is 95.1 Å². The second-order valence-electron chi connectivity index (χ2n) is 9.21. The molecule has 7 nitrogen and oxygen atoms in total. The summed E-state index contributed by atoms with van der Waals surface area (Å²) in [6.45, 7) is 3.53. The molecule has 2 heterocycles. The van der Waals surface area contributed by atoms with Crippen molar-refractivity contribution in [2.45, 2.75) is 31.7 Å². The first kappa shape index (κ1) is 24.1. The summed E-state index contributed by atoms with van der Waals surface area (Å²) in [4.78, 5) is 20.4. The molecule has 1 amide bonds. The monoisotopic (exact) mass is 491 g/mol. The van der Waals surface area contributed by atoms with Gasteiger partial charge >= 0.3 is 0 Å². The third kappa shape index (κ3) is 5.19. The van der Waals surface area contributed by atoms with Crippen LogP contribution < -0.4 is 15.8 Å². The number of rotatable bonds is 5. The molecule has 186 valence electrons. The molecule has 5 rings (SSSR count). The number of fused-ring (bicyclic) bond motifs is 1. The lowest BCUT2D eigenvalue weighted by Crippen LogP contribution is -2.36. The van der Waals surface area contributed by atoms with E-state index in [4.69, 9.17) is 10.5 Å². The average Bonchev–Trinajstić information content (AvgIpc) is 3.21. The molecule has 37 heavy (non-hydrogen) atoms. The van der Waals surface area contributed by atoms with Gasteiger partial charge in [-0.05, 0) is 67.5 Å². The van der Waals surface area contributed by atoms with Gasteiger partial charge in [-0.2, -0.15) is 0 Å². The number of nitrogen functional groups attached to an aromatic ring is 1. The Morgan fingerprint density at radius 3 is 2.49 bits per heavy atom. The van der Waals surface area contributed by atoms with E-state index in [2.05, 4.69) is 33.7 Å². The van der Waals surface area contributed by atoms with Gasteiger partial charge in [0.1, 0.15) is 35.0 Å². The molecular weight excluding hydrogens is 462 g/mol. The smallest absolute Gasteiger partial charge is 0.243 e. The Morgan fingerprint density at radius 1 is 1.08 bits per heavy atom. The molecule has 1 aliphatic rings. The van der Waals surface area contributed by atoms with Crippen molar-refractivity contribution in [1.82, 2.24) is 19.9 Å². The van der Waals surface area contributed by atoms with Gasteiger partial charge < -0.3 is 20.4 Å². The Morgan fingerprint density at radius 2 is 1.78 bits per heavy atom. The van der Waals surface area contributed by atoms with Crippen LogP contribution in [0, 0.1) is 17.8 Å². The first-order valence-corrected chi connectivity index (χ1v) is 12.4. The van der Waals surface area contributed by atoms with Gasteiger partial charge in [0.05, 0.1) is 5.39 Å². The third-order valence-corrected chi connectivity index (χ3v) is 6.77. The van der Waals surface area contributed by atoms with Crippen LogP contribution >= 0.6 is 0 Å². The Labute approximate surface area is 216 Å². The fourth-order valence-electron chi connectivity index (χ4n) is 4.83. The predicted octanol–water partition coefficient (Wildman–Crippen LogP) is 5.22. The highest BCUT2D eigenvalue weighted by Crippen LogP contribution is 2.37. The first-order chi connectivity index (χ1) is 18.0. The van der Waals surface area contributed by atoms with Crippen molar-refractivity contribution in [3.8, 4) is 34.5 Å². The summed E-state index contributed by atoms with van der Waals surface area (Å²) in [6.07, 6.45) is 6.48. The van der Waals surface area contributed by atoms with Gasteiger partial charge in [0, 0.05) is 24.6 Å². The summed E-state index contributed by atoms with van der Waals surface area (Å²) in [6, 6.07) is 17.8. The van der Waals surface area contributed by atoms with Crippen molar-refractivity contribution in [1.29, 1.82) is 0 Å². The molecule has 1 aliphatic carbocycles. The van der Waals surface area contributed by atoms with Crippen molar-refractivity contribution < 1.29 is 9.53 Å². The van der Waals surface area contributed by atoms with Crippen molar-refractivity contribution in [3.63, 3.8) is 0 Å². The average molecular weight is 492 g/mol. The van der Waals surface area contributed by atoms with E-state index in [9.17, 15) is 4.79 Å². The Balaban J connectivity index is 1.45. The molecule has 0 spiro atoms. The Kier molecular flexibility index (Phi) is 6.91. The number of ether oxygens (including phenoxy) is 1. The Hall–Kier alpha value is -4.57. The van der Waals surface area contributed by atoms with E-state index in [1.807, 2.05) is 66.2 Å². The number of para-hydroxylation sites is 1. The largest absolute Gasteiger partial charge is 0.457 e. The van der Waals surface area contributed by atoms with Crippen LogP contribution in [0.4, 0.5) is 5.82 Å². The Bertz CT molecular complexity index is 1490. The minimum Gasteiger partial charge on any atom is -0.457 e. The van der Waals surface area contributed by atoms with Crippen LogP contribution in [0.3, 0.4) is 0 Å². The van der Waals surface area contributed by atoms with Gasteiger partial charge in [-0.1, -0.05) is 42.8 Å². The zero-order valence-electron chi connectivity index (χ0n) is 20.8. The van der Waals surface area contributed by atoms with Crippen LogP contribution in [0.25, 0.3) is 22.2 Å². The minimum atomic E-state index is -0.117. The van der Waals surface area contributed by atoms with Crippen LogP contribution in [0.15, 0.2) is 73.6 Å². The summed E-state index contributed by atoms with van der Waals surface area (Å²) >= 11 is 0. The minimum absolute atomic E-state index is 0.117. The summed E-state index contributed by atoms with van der Waals surface area (Å²) < 4.78 is 7.95. The van der Waals surface area contributed by atoms with Crippen molar-refractivity contribution >= 4 is 22.8 Å². The molecule has 0 atom stereocenters. The number of carbonyl (C=O) groups excluding carboxylic acids is 1. The van der Waals surface area contributed by atoms with Gasteiger partial charge in [-0.15, -0.1) is 0 Å². The molecule has 1 saturated carbocycles. The fourth-order valence-corrected chi connectivity index (χ4v) is 4.83. The van der Waals surface area contributed by atoms with Crippen LogP contribution in [0.5, 0.6) is 11.5 Å². The third-order valence-electron chi connectivity index (χ3n) is 6.77. The molecule has 0 radical (unpaired) electrons. The molecule has 4 aromatic rings. The maximum Gasteiger partial charge on any atom is 0.243 e. The second-order valence-corrected chi connectivity index (χ2v) is 9.21. The van der Waals surface area contributed by atoms with Crippen LogP contribution in [-0.4, -0.2) is 26.5 Å². The molecule has 0 bridgehead atoms. The quantitative estimate of drug-likeness (QED) is 0.295.